The zero-order valence-electron chi connectivity index (χ0n) is 24.6. The molecule has 2 heterocycles. The summed E-state index contributed by atoms with van der Waals surface area (Å²) in [5.41, 5.74) is 9.95. The molecular weight excluding hydrogens is 550 g/mol. The Labute approximate surface area is 263 Å². The van der Waals surface area contributed by atoms with Crippen molar-refractivity contribution < 1.29 is 0 Å². The van der Waals surface area contributed by atoms with Crippen LogP contribution in [-0.4, -0.2) is 11.7 Å². The first-order chi connectivity index (χ1) is 22.3. The maximum absolute atomic E-state index is 5.11. The standard InChI is InChI=1S/C40H31N5/c1-4-14-28(15-5-1)30-18-12-19-31(26-30)38-42-37(29-16-6-2-7-17-29)43-39(44-38)32-20-13-21-33(27-32)40-41-35-24-10-11-25-36(35)45(40)34-22-8-3-9-23-34/h1-27,38,40-41H,(H,42,43,44). The zero-order valence-corrected chi connectivity index (χ0v) is 24.6. The van der Waals surface area contributed by atoms with E-state index in [2.05, 4.69) is 155 Å². The average molecular weight is 582 g/mol. The van der Waals surface area contributed by atoms with Crippen molar-refractivity contribution in [2.75, 3.05) is 10.2 Å². The average Bonchev–Trinajstić information content (AvgIpc) is 3.53. The van der Waals surface area contributed by atoms with Crippen LogP contribution < -0.4 is 15.5 Å². The van der Waals surface area contributed by atoms with Crippen LogP contribution in [0.5, 0.6) is 0 Å². The molecule has 0 aromatic heterocycles. The third-order valence-corrected chi connectivity index (χ3v) is 8.31. The topological polar surface area (TPSA) is 52.0 Å². The molecule has 2 aliphatic heterocycles. The lowest BCUT2D eigenvalue weighted by Gasteiger charge is -2.28. The molecule has 2 N–H and O–H groups in total. The first-order valence-corrected chi connectivity index (χ1v) is 15.2. The van der Waals surface area contributed by atoms with Gasteiger partial charge in [0, 0.05) is 16.8 Å². The highest BCUT2D eigenvalue weighted by molar-refractivity contribution is 6.13. The number of hydrogen-bond donors (Lipinski definition) is 2. The van der Waals surface area contributed by atoms with Crippen molar-refractivity contribution in [2.24, 2.45) is 9.98 Å². The molecule has 0 spiro atoms. The first kappa shape index (κ1) is 26.7. The van der Waals surface area contributed by atoms with Crippen molar-refractivity contribution in [3.63, 3.8) is 0 Å². The second-order valence-electron chi connectivity index (χ2n) is 11.2. The van der Waals surface area contributed by atoms with Crippen molar-refractivity contribution in [1.29, 1.82) is 0 Å². The maximum Gasteiger partial charge on any atom is 0.159 e. The summed E-state index contributed by atoms with van der Waals surface area (Å²) >= 11 is 0. The van der Waals surface area contributed by atoms with E-state index in [9.17, 15) is 0 Å². The number of nitrogens with one attached hydrogen (secondary N) is 2. The minimum absolute atomic E-state index is 0.0745. The molecule has 216 valence electrons. The lowest BCUT2D eigenvalue weighted by atomic mass is 10.0. The van der Waals surface area contributed by atoms with Crippen LogP contribution in [0, 0.1) is 0 Å². The predicted molar refractivity (Wildman–Crippen MR) is 185 cm³/mol. The minimum atomic E-state index is -0.297. The Morgan fingerprint density at radius 1 is 0.489 bits per heavy atom. The van der Waals surface area contributed by atoms with Crippen molar-refractivity contribution in [2.45, 2.75) is 12.3 Å². The van der Waals surface area contributed by atoms with Gasteiger partial charge < -0.3 is 15.5 Å². The Kier molecular flexibility index (Phi) is 6.89. The van der Waals surface area contributed by atoms with Gasteiger partial charge in [0.2, 0.25) is 0 Å². The summed E-state index contributed by atoms with van der Waals surface area (Å²) in [5, 5.41) is 7.43. The highest BCUT2D eigenvalue weighted by Gasteiger charge is 2.31. The van der Waals surface area contributed by atoms with E-state index in [0.717, 1.165) is 50.7 Å². The van der Waals surface area contributed by atoms with Crippen LogP contribution in [0.15, 0.2) is 174 Å². The Morgan fingerprint density at radius 3 is 1.87 bits per heavy atom. The van der Waals surface area contributed by atoms with E-state index >= 15 is 0 Å². The SMILES string of the molecule is c1ccc(C2=NC(c3cccc(-c4ccccc4)c3)NC(c3cccc(C4Nc5ccccc5N4c4ccccc4)c3)=N2)cc1. The van der Waals surface area contributed by atoms with Gasteiger partial charge in [-0.3, -0.25) is 0 Å². The Morgan fingerprint density at radius 2 is 1.09 bits per heavy atom. The van der Waals surface area contributed by atoms with Crippen molar-refractivity contribution in [3.05, 3.63) is 186 Å². The van der Waals surface area contributed by atoms with Gasteiger partial charge in [-0.15, -0.1) is 0 Å². The van der Waals surface area contributed by atoms with Crippen LogP contribution in [0.25, 0.3) is 11.1 Å². The lowest BCUT2D eigenvalue weighted by Crippen LogP contribution is -2.34. The Bertz CT molecular complexity index is 2020. The predicted octanol–water partition coefficient (Wildman–Crippen LogP) is 9.11. The summed E-state index contributed by atoms with van der Waals surface area (Å²) in [6.45, 7) is 0. The van der Waals surface area contributed by atoms with Crippen molar-refractivity contribution in [3.8, 4) is 11.1 Å². The highest BCUT2D eigenvalue weighted by atomic mass is 15.3. The van der Waals surface area contributed by atoms with Crippen molar-refractivity contribution in [1.82, 2.24) is 5.32 Å². The molecule has 0 radical (unpaired) electrons. The smallest absolute Gasteiger partial charge is 0.159 e. The molecule has 2 atom stereocenters. The normalized spacial score (nSPS) is 17.0. The molecule has 0 saturated carbocycles. The number of nitrogens with zero attached hydrogens (tertiary/aromatic N) is 3. The third kappa shape index (κ3) is 5.25. The van der Waals surface area contributed by atoms with Crippen molar-refractivity contribution >= 4 is 28.7 Å². The minimum Gasteiger partial charge on any atom is -0.359 e. The number of aliphatic imine (C=N–C) groups is 2. The van der Waals surface area contributed by atoms with Crippen LogP contribution in [0.2, 0.25) is 0 Å². The van der Waals surface area contributed by atoms with Gasteiger partial charge in [0.1, 0.15) is 18.2 Å². The summed E-state index contributed by atoms with van der Waals surface area (Å²) in [5.74, 6) is 1.50. The van der Waals surface area contributed by atoms with Gasteiger partial charge in [-0.25, -0.2) is 9.98 Å². The maximum atomic E-state index is 5.11. The summed E-state index contributed by atoms with van der Waals surface area (Å²) in [7, 11) is 0. The molecule has 0 amide bonds. The number of hydrogen-bond acceptors (Lipinski definition) is 5. The van der Waals surface area contributed by atoms with Crippen LogP contribution in [0.3, 0.4) is 0 Å². The molecule has 5 nitrogen and oxygen atoms in total. The van der Waals surface area contributed by atoms with E-state index < -0.39 is 0 Å². The van der Waals surface area contributed by atoms with Gasteiger partial charge in [-0.1, -0.05) is 127 Å². The first-order valence-electron chi connectivity index (χ1n) is 15.2. The largest absolute Gasteiger partial charge is 0.359 e. The molecule has 0 aliphatic carbocycles. The van der Waals surface area contributed by atoms with Gasteiger partial charge in [0.15, 0.2) is 5.84 Å². The van der Waals surface area contributed by atoms with Gasteiger partial charge >= 0.3 is 0 Å². The summed E-state index contributed by atoms with van der Waals surface area (Å²) in [6, 6.07) is 56.9. The van der Waals surface area contributed by atoms with Crippen LogP contribution >= 0.6 is 0 Å². The summed E-state index contributed by atoms with van der Waals surface area (Å²) in [4.78, 5) is 12.6. The summed E-state index contributed by atoms with van der Waals surface area (Å²) in [6.07, 6.45) is -0.371. The van der Waals surface area contributed by atoms with E-state index in [1.54, 1.807) is 0 Å². The number of benzene rings is 6. The van der Waals surface area contributed by atoms with Gasteiger partial charge in [0.05, 0.1) is 11.4 Å². The van der Waals surface area contributed by atoms with E-state index in [1.165, 1.54) is 5.56 Å². The lowest BCUT2D eigenvalue weighted by molar-refractivity contribution is 0.674. The molecule has 8 rings (SSSR count). The molecule has 0 saturated heterocycles. The number of anilines is 3. The third-order valence-electron chi connectivity index (χ3n) is 8.31. The molecule has 6 aromatic carbocycles. The van der Waals surface area contributed by atoms with E-state index in [4.69, 9.17) is 9.98 Å². The second kappa shape index (κ2) is 11.6. The Balaban J connectivity index is 1.18. The molecule has 2 aliphatic rings. The zero-order chi connectivity index (χ0) is 30.0. The van der Waals surface area contributed by atoms with Crippen LogP contribution in [0.1, 0.15) is 34.6 Å². The Hall–Kier alpha value is -5.94. The molecule has 0 bridgehead atoms. The second-order valence-corrected chi connectivity index (χ2v) is 11.2. The fourth-order valence-corrected chi connectivity index (χ4v) is 6.12. The van der Waals surface area contributed by atoms with Gasteiger partial charge in [-0.05, 0) is 58.7 Å². The fourth-order valence-electron chi connectivity index (χ4n) is 6.12. The van der Waals surface area contributed by atoms with E-state index in [-0.39, 0.29) is 12.3 Å². The molecule has 2 unspecified atom stereocenters. The number of rotatable bonds is 6. The van der Waals surface area contributed by atoms with E-state index in [0.29, 0.717) is 5.84 Å². The summed E-state index contributed by atoms with van der Waals surface area (Å²) < 4.78 is 0. The quantitative estimate of drug-likeness (QED) is 0.206. The molecular formula is C40H31N5. The van der Waals surface area contributed by atoms with E-state index in [1.807, 2.05) is 24.3 Å². The monoisotopic (exact) mass is 581 g/mol. The van der Waals surface area contributed by atoms with Gasteiger partial charge in [-0.2, -0.15) is 0 Å². The number of amidine groups is 2. The molecule has 0 fully saturated rings. The van der Waals surface area contributed by atoms with Crippen LogP contribution in [0.4, 0.5) is 17.1 Å². The molecule has 45 heavy (non-hydrogen) atoms. The highest BCUT2D eigenvalue weighted by Crippen LogP contribution is 2.45. The number of para-hydroxylation sites is 3. The number of fused-ring (bicyclic) bond motifs is 1. The van der Waals surface area contributed by atoms with Crippen LogP contribution in [-0.2, 0) is 0 Å². The molecule has 6 aromatic rings. The van der Waals surface area contributed by atoms with Gasteiger partial charge in [0.25, 0.3) is 0 Å². The molecule has 5 heteroatoms. The fraction of sp³-hybridized carbons (Fsp3) is 0.0500.